The molecular formula is C15H19N3O5. The van der Waals surface area contributed by atoms with Crippen LogP contribution >= 0.6 is 0 Å². The van der Waals surface area contributed by atoms with Crippen molar-refractivity contribution in [1.82, 2.24) is 4.90 Å². The Bertz CT molecular complexity index is 621. The number of urea groups is 1. The third-order valence-electron chi connectivity index (χ3n) is 3.83. The van der Waals surface area contributed by atoms with Crippen molar-refractivity contribution in [3.05, 3.63) is 18.2 Å². The molecule has 0 radical (unpaired) electrons. The number of rotatable bonds is 1. The molecule has 23 heavy (non-hydrogen) atoms. The monoisotopic (exact) mass is 321 g/mol. The van der Waals surface area contributed by atoms with Crippen LogP contribution in [0.25, 0.3) is 0 Å². The minimum Gasteiger partial charge on any atom is -0.482 e. The van der Waals surface area contributed by atoms with Gasteiger partial charge in [-0.05, 0) is 18.2 Å². The van der Waals surface area contributed by atoms with Gasteiger partial charge < -0.3 is 29.7 Å². The number of fused-ring (bicyclic) bond motifs is 1. The number of aliphatic hydroxyl groups excluding tert-OH is 1. The molecular weight excluding hydrogens is 302 g/mol. The largest absolute Gasteiger partial charge is 0.482 e. The van der Waals surface area contributed by atoms with Crippen molar-refractivity contribution in [1.29, 1.82) is 0 Å². The van der Waals surface area contributed by atoms with Crippen LogP contribution in [0.1, 0.15) is 0 Å². The molecule has 1 aromatic rings. The molecule has 2 heterocycles. The molecule has 1 atom stereocenters. The predicted octanol–water partition coefficient (Wildman–Crippen LogP) is 0.267. The second-order valence-electron chi connectivity index (χ2n) is 5.53. The second-order valence-corrected chi connectivity index (χ2v) is 5.53. The molecule has 8 heteroatoms. The van der Waals surface area contributed by atoms with Crippen molar-refractivity contribution < 1.29 is 24.2 Å². The van der Waals surface area contributed by atoms with Crippen LogP contribution in [0.5, 0.6) is 5.75 Å². The molecule has 1 saturated heterocycles. The van der Waals surface area contributed by atoms with E-state index in [4.69, 9.17) is 9.47 Å². The number of likely N-dealkylation sites (N-methyl/N-ethyl adjacent to an activating group) is 1. The highest BCUT2D eigenvalue weighted by Gasteiger charge is 2.24. The van der Waals surface area contributed by atoms with Crippen molar-refractivity contribution in [2.45, 2.75) is 6.10 Å². The first-order valence-electron chi connectivity index (χ1n) is 7.40. The minimum atomic E-state index is -0.691. The number of nitrogens with zero attached hydrogens (tertiary/aromatic N) is 2. The molecule has 3 amide bonds. The highest BCUT2D eigenvalue weighted by atomic mass is 16.5. The fraction of sp³-hybridized carbons (Fsp3) is 0.467. The Morgan fingerprint density at radius 2 is 2.26 bits per heavy atom. The Morgan fingerprint density at radius 3 is 3.09 bits per heavy atom. The molecule has 1 fully saturated rings. The molecule has 0 unspecified atom stereocenters. The van der Waals surface area contributed by atoms with Gasteiger partial charge in [-0.3, -0.25) is 4.79 Å². The number of nitrogens with one attached hydrogen (secondary N) is 1. The molecule has 0 bridgehead atoms. The van der Waals surface area contributed by atoms with Crippen LogP contribution in [0.15, 0.2) is 18.2 Å². The number of ether oxygens (including phenoxy) is 2. The number of hydrogen-bond acceptors (Lipinski definition) is 5. The zero-order valence-corrected chi connectivity index (χ0v) is 12.8. The van der Waals surface area contributed by atoms with E-state index in [-0.39, 0.29) is 31.7 Å². The number of benzene rings is 1. The maximum atomic E-state index is 12.3. The average molecular weight is 321 g/mol. The Kier molecular flexibility index (Phi) is 4.35. The number of carbonyl (C=O) groups excluding carboxylic acids is 2. The SMILES string of the molecule is CN1C(=O)COc2ccc(NC(=O)N3CCOC[C@H](O)C3)cc21. The highest BCUT2D eigenvalue weighted by Crippen LogP contribution is 2.33. The second kappa shape index (κ2) is 6.43. The normalized spacial score (nSPS) is 21.3. The van der Waals surface area contributed by atoms with Crippen LogP contribution in [0.3, 0.4) is 0 Å². The quantitative estimate of drug-likeness (QED) is 0.774. The third-order valence-corrected chi connectivity index (χ3v) is 3.83. The minimum absolute atomic E-state index is 0.0148. The summed E-state index contributed by atoms with van der Waals surface area (Å²) in [6.45, 7) is 1.26. The van der Waals surface area contributed by atoms with Crippen LogP contribution in [-0.2, 0) is 9.53 Å². The number of β-amino-alcohol motifs (C(OH)–C–C–N with tert-alkyl or cyclic N) is 1. The van der Waals surface area contributed by atoms with E-state index in [1.54, 1.807) is 25.2 Å². The van der Waals surface area contributed by atoms with Gasteiger partial charge in [0.2, 0.25) is 0 Å². The van der Waals surface area contributed by atoms with E-state index in [0.29, 0.717) is 30.3 Å². The van der Waals surface area contributed by atoms with Gasteiger partial charge in [-0.25, -0.2) is 4.79 Å². The Hall–Kier alpha value is -2.32. The Balaban J connectivity index is 1.73. The summed E-state index contributed by atoms with van der Waals surface area (Å²) < 4.78 is 10.6. The van der Waals surface area contributed by atoms with Crippen LogP contribution in [0, 0.1) is 0 Å². The van der Waals surface area contributed by atoms with Crippen molar-refractivity contribution in [2.75, 3.05) is 50.2 Å². The summed E-state index contributed by atoms with van der Waals surface area (Å²) in [6.07, 6.45) is -0.691. The van der Waals surface area contributed by atoms with Gasteiger partial charge >= 0.3 is 6.03 Å². The first-order chi connectivity index (χ1) is 11.0. The summed E-state index contributed by atoms with van der Waals surface area (Å²) in [7, 11) is 1.66. The van der Waals surface area contributed by atoms with Gasteiger partial charge in [0, 0.05) is 19.3 Å². The van der Waals surface area contributed by atoms with E-state index >= 15 is 0 Å². The lowest BCUT2D eigenvalue weighted by Gasteiger charge is -2.27. The van der Waals surface area contributed by atoms with Crippen LogP contribution in [0.2, 0.25) is 0 Å². The molecule has 0 aromatic heterocycles. The maximum Gasteiger partial charge on any atom is 0.322 e. The first-order valence-corrected chi connectivity index (χ1v) is 7.40. The summed E-state index contributed by atoms with van der Waals surface area (Å²) >= 11 is 0. The number of anilines is 2. The van der Waals surface area contributed by atoms with Gasteiger partial charge in [-0.1, -0.05) is 0 Å². The van der Waals surface area contributed by atoms with Gasteiger partial charge in [-0.15, -0.1) is 0 Å². The third kappa shape index (κ3) is 3.38. The lowest BCUT2D eigenvalue weighted by Crippen LogP contribution is -2.40. The van der Waals surface area contributed by atoms with E-state index in [9.17, 15) is 14.7 Å². The van der Waals surface area contributed by atoms with Crippen LogP contribution < -0.4 is 15.0 Å². The molecule has 3 rings (SSSR count). The molecule has 0 spiro atoms. The summed E-state index contributed by atoms with van der Waals surface area (Å²) in [4.78, 5) is 27.0. The van der Waals surface area contributed by atoms with Crippen LogP contribution in [0.4, 0.5) is 16.2 Å². The van der Waals surface area contributed by atoms with Crippen molar-refractivity contribution in [3.63, 3.8) is 0 Å². The van der Waals surface area contributed by atoms with Crippen LogP contribution in [-0.4, -0.2) is 68.0 Å². The van der Waals surface area contributed by atoms with E-state index in [1.807, 2.05) is 0 Å². The molecule has 2 aliphatic rings. The molecule has 0 saturated carbocycles. The predicted molar refractivity (Wildman–Crippen MR) is 82.8 cm³/mol. The van der Waals surface area contributed by atoms with E-state index < -0.39 is 6.10 Å². The maximum absolute atomic E-state index is 12.3. The van der Waals surface area contributed by atoms with Gasteiger partial charge in [0.05, 0.1) is 31.5 Å². The molecule has 124 valence electrons. The number of aliphatic hydroxyl groups is 1. The molecule has 0 aliphatic carbocycles. The summed E-state index contributed by atoms with van der Waals surface area (Å²) in [5, 5.41) is 12.5. The van der Waals surface area contributed by atoms with Gasteiger partial charge in [0.25, 0.3) is 5.91 Å². The van der Waals surface area contributed by atoms with Gasteiger partial charge in [0.15, 0.2) is 6.61 Å². The van der Waals surface area contributed by atoms with E-state index in [2.05, 4.69) is 5.32 Å². The lowest BCUT2D eigenvalue weighted by atomic mass is 10.2. The standard InChI is InChI=1S/C15H19N3O5/c1-17-12-6-10(2-3-13(12)23-9-14(17)20)16-15(21)18-4-5-22-8-11(19)7-18/h2-3,6,11,19H,4-5,7-9H2,1H3,(H,16,21)/t11-/m1/s1. The van der Waals surface area contributed by atoms with E-state index in [0.717, 1.165) is 0 Å². The average Bonchev–Trinajstić information content (AvgIpc) is 2.76. The zero-order valence-electron chi connectivity index (χ0n) is 12.8. The number of amides is 3. The number of carbonyl (C=O) groups is 2. The molecule has 2 N–H and O–H groups in total. The smallest absolute Gasteiger partial charge is 0.322 e. The number of hydrogen-bond donors (Lipinski definition) is 2. The topological polar surface area (TPSA) is 91.3 Å². The zero-order chi connectivity index (χ0) is 16.4. The van der Waals surface area contributed by atoms with Crippen molar-refractivity contribution in [2.24, 2.45) is 0 Å². The van der Waals surface area contributed by atoms with Crippen molar-refractivity contribution in [3.8, 4) is 5.75 Å². The summed E-state index contributed by atoms with van der Waals surface area (Å²) in [5.74, 6) is 0.456. The van der Waals surface area contributed by atoms with E-state index in [1.165, 1.54) is 9.80 Å². The first kappa shape index (κ1) is 15.6. The van der Waals surface area contributed by atoms with Gasteiger partial charge in [0.1, 0.15) is 5.75 Å². The Morgan fingerprint density at radius 1 is 1.43 bits per heavy atom. The molecule has 8 nitrogen and oxygen atoms in total. The highest BCUT2D eigenvalue weighted by molar-refractivity contribution is 5.99. The summed E-state index contributed by atoms with van der Waals surface area (Å²) in [6, 6.07) is 4.80. The Labute approximate surface area is 133 Å². The summed E-state index contributed by atoms with van der Waals surface area (Å²) in [5.41, 5.74) is 1.16. The lowest BCUT2D eigenvalue weighted by molar-refractivity contribution is -0.120. The molecule has 2 aliphatic heterocycles. The fourth-order valence-corrected chi connectivity index (χ4v) is 2.53. The molecule has 1 aromatic carbocycles. The van der Waals surface area contributed by atoms with Crippen molar-refractivity contribution >= 4 is 23.3 Å². The fourth-order valence-electron chi connectivity index (χ4n) is 2.53. The van der Waals surface area contributed by atoms with Gasteiger partial charge in [-0.2, -0.15) is 0 Å².